The monoisotopic (exact) mass is 512 g/mol. The van der Waals surface area contributed by atoms with E-state index in [1.54, 1.807) is 0 Å². The van der Waals surface area contributed by atoms with Gasteiger partial charge in [-0.1, -0.05) is 55.4 Å². The fourth-order valence-electron chi connectivity index (χ4n) is 4.98. The molecule has 0 amide bonds. The highest BCUT2D eigenvalue weighted by molar-refractivity contribution is 7.71. The predicted octanol–water partition coefficient (Wildman–Crippen LogP) is 4.14. The van der Waals surface area contributed by atoms with Gasteiger partial charge in [0, 0.05) is 19.3 Å². The second-order valence-corrected chi connectivity index (χ2v) is 9.61. The lowest BCUT2D eigenvalue weighted by atomic mass is 9.91. The van der Waals surface area contributed by atoms with E-state index in [0.717, 1.165) is 43.5 Å². The van der Waals surface area contributed by atoms with Gasteiger partial charge in [-0.25, -0.2) is 4.99 Å². The summed E-state index contributed by atoms with van der Waals surface area (Å²) in [6, 6.07) is 14.9. The number of nitrogens with zero attached hydrogens (tertiary/aromatic N) is 3. The molecule has 2 unspecified atom stereocenters. The molecule has 1 saturated carbocycles. The van der Waals surface area contributed by atoms with Crippen molar-refractivity contribution in [2.24, 2.45) is 12.0 Å². The highest BCUT2D eigenvalue weighted by Crippen LogP contribution is 2.31. The number of fused-ring (bicyclic) bond motifs is 3. The molecule has 2 aliphatic rings. The molecule has 1 fully saturated rings. The standard InChI is InChI=1S/C26H27F3N6S/c1-34-24(36)21(22(30)35-20-10-6-5-9-19(20)33-25(34)35)23(32-18-7-3-2-4-8-18)31-15-16-11-13-17(14-12-16)26(27,28)29/h2-4,7-8,11-14,19-20,30-32H,5-6,9-10,15H2,1H3. The number of benzene rings is 2. The van der Waals surface area contributed by atoms with E-state index in [1.807, 2.05) is 46.5 Å². The van der Waals surface area contributed by atoms with Crippen LogP contribution in [0.15, 0.2) is 59.6 Å². The predicted molar refractivity (Wildman–Crippen MR) is 134 cm³/mol. The molecule has 2 atom stereocenters. The number of anilines is 1. The number of aromatic nitrogens is 2. The topological polar surface area (TPSA) is 70.1 Å². The Morgan fingerprint density at radius 3 is 2.47 bits per heavy atom. The van der Waals surface area contributed by atoms with Crippen LogP contribution in [-0.4, -0.2) is 15.2 Å². The van der Waals surface area contributed by atoms with Gasteiger partial charge in [0.1, 0.15) is 15.9 Å². The zero-order valence-electron chi connectivity index (χ0n) is 19.8. The summed E-state index contributed by atoms with van der Waals surface area (Å²) in [6.07, 6.45) is -0.186. The van der Waals surface area contributed by atoms with Crippen molar-refractivity contribution < 1.29 is 13.2 Å². The molecule has 5 rings (SSSR count). The summed E-state index contributed by atoms with van der Waals surface area (Å²) in [7, 11) is 1.87. The molecule has 3 aromatic rings. The molecule has 0 bridgehead atoms. The average Bonchev–Trinajstić information content (AvgIpc) is 3.26. The van der Waals surface area contributed by atoms with Gasteiger partial charge in [0.2, 0.25) is 5.62 Å². The first kappa shape index (κ1) is 24.3. The second-order valence-electron chi connectivity index (χ2n) is 9.22. The Labute approximate surface area is 211 Å². The highest BCUT2D eigenvalue weighted by Gasteiger charge is 2.33. The molecule has 0 saturated heterocycles. The lowest BCUT2D eigenvalue weighted by Gasteiger charge is -2.25. The van der Waals surface area contributed by atoms with Crippen molar-refractivity contribution in [1.82, 2.24) is 14.5 Å². The number of nitrogens with one attached hydrogen (secondary N) is 3. The van der Waals surface area contributed by atoms with Crippen LogP contribution >= 0.6 is 12.2 Å². The van der Waals surface area contributed by atoms with Gasteiger partial charge in [0.15, 0.2) is 0 Å². The fraction of sp³-hybridized carbons (Fsp3) is 0.346. The molecule has 3 N–H and O–H groups in total. The van der Waals surface area contributed by atoms with E-state index >= 15 is 0 Å². The summed E-state index contributed by atoms with van der Waals surface area (Å²) < 4.78 is 43.2. The van der Waals surface area contributed by atoms with Crippen LogP contribution in [0.5, 0.6) is 0 Å². The van der Waals surface area contributed by atoms with Crippen molar-refractivity contribution in [2.45, 2.75) is 50.5 Å². The maximum Gasteiger partial charge on any atom is 0.416 e. The van der Waals surface area contributed by atoms with E-state index < -0.39 is 11.7 Å². The summed E-state index contributed by atoms with van der Waals surface area (Å²) in [5.41, 5.74) is 1.78. The van der Waals surface area contributed by atoms with Gasteiger partial charge in [-0.05, 0) is 42.7 Å². The third-order valence-corrected chi connectivity index (χ3v) is 7.34. The summed E-state index contributed by atoms with van der Waals surface area (Å²) >= 11 is 5.81. The zero-order chi connectivity index (χ0) is 25.4. The molecule has 1 aliphatic carbocycles. The van der Waals surface area contributed by atoms with Gasteiger partial charge in [0.25, 0.3) is 0 Å². The third kappa shape index (κ3) is 4.57. The van der Waals surface area contributed by atoms with Crippen LogP contribution < -0.4 is 27.0 Å². The van der Waals surface area contributed by atoms with Crippen LogP contribution in [0, 0.1) is 10.0 Å². The molecular formula is C26H27F3N6S. The molecule has 2 aromatic carbocycles. The molecule has 36 heavy (non-hydrogen) atoms. The molecule has 1 aliphatic heterocycles. The summed E-state index contributed by atoms with van der Waals surface area (Å²) in [5.74, 6) is 0.529. The van der Waals surface area contributed by atoms with Gasteiger partial charge in [-0.15, -0.1) is 0 Å². The van der Waals surface area contributed by atoms with Crippen LogP contribution in [0.25, 0.3) is 5.82 Å². The number of rotatable bonds is 5. The number of alkyl halides is 3. The van der Waals surface area contributed by atoms with Crippen molar-refractivity contribution in [3.05, 3.63) is 86.7 Å². The zero-order valence-corrected chi connectivity index (χ0v) is 20.6. The Balaban J connectivity index is 1.61. The second kappa shape index (κ2) is 9.57. The minimum Gasteiger partial charge on any atom is -0.367 e. The maximum atomic E-state index is 13.0. The van der Waals surface area contributed by atoms with Crippen LogP contribution in [0.2, 0.25) is 0 Å². The Bertz CT molecular complexity index is 1510. The largest absolute Gasteiger partial charge is 0.416 e. The van der Waals surface area contributed by atoms with Crippen molar-refractivity contribution >= 4 is 23.7 Å². The molecule has 10 heteroatoms. The Morgan fingerprint density at radius 2 is 1.78 bits per heavy atom. The molecule has 1 aromatic heterocycles. The van der Waals surface area contributed by atoms with Crippen molar-refractivity contribution in [3.8, 4) is 0 Å². The molecular weight excluding hydrogens is 485 g/mol. The van der Waals surface area contributed by atoms with Gasteiger partial charge >= 0.3 is 6.18 Å². The van der Waals surface area contributed by atoms with Crippen molar-refractivity contribution in [1.29, 1.82) is 5.41 Å². The van der Waals surface area contributed by atoms with E-state index in [0.29, 0.717) is 26.9 Å². The van der Waals surface area contributed by atoms with Crippen LogP contribution in [0.4, 0.5) is 18.9 Å². The minimum absolute atomic E-state index is 0.134. The quantitative estimate of drug-likeness (QED) is 0.450. The van der Waals surface area contributed by atoms with Crippen LogP contribution in [-0.2, 0) is 19.8 Å². The number of halogens is 3. The summed E-state index contributed by atoms with van der Waals surface area (Å²) in [6.45, 7) is 0.253. The highest BCUT2D eigenvalue weighted by atomic mass is 32.1. The average molecular weight is 513 g/mol. The smallest absolute Gasteiger partial charge is 0.367 e. The van der Waals surface area contributed by atoms with E-state index in [1.165, 1.54) is 12.1 Å². The van der Waals surface area contributed by atoms with Gasteiger partial charge in [0.05, 0.1) is 22.9 Å². The van der Waals surface area contributed by atoms with Gasteiger partial charge in [-0.3, -0.25) is 9.98 Å². The lowest BCUT2D eigenvalue weighted by Crippen LogP contribution is -2.51. The number of hydrogen-bond donors (Lipinski definition) is 3. The van der Waals surface area contributed by atoms with E-state index in [2.05, 4.69) is 10.6 Å². The number of para-hydroxylation sites is 1. The van der Waals surface area contributed by atoms with Crippen LogP contribution in [0.1, 0.15) is 42.9 Å². The molecule has 188 valence electrons. The fourth-order valence-corrected chi connectivity index (χ4v) is 5.27. The Kier molecular flexibility index (Phi) is 6.46. The number of hydrogen-bond acceptors (Lipinski definition) is 5. The van der Waals surface area contributed by atoms with Gasteiger partial charge in [-0.2, -0.15) is 13.2 Å². The normalized spacial score (nSPS) is 19.7. The Hall–Kier alpha value is -3.40. The first-order valence-corrected chi connectivity index (χ1v) is 12.3. The first-order valence-electron chi connectivity index (χ1n) is 11.9. The van der Waals surface area contributed by atoms with E-state index in [4.69, 9.17) is 22.6 Å². The third-order valence-electron chi connectivity index (χ3n) is 6.86. The molecule has 0 spiro atoms. The summed E-state index contributed by atoms with van der Waals surface area (Å²) in [4.78, 5) is 4.90. The SMILES string of the molecule is Cn1c(=S)c(=C(NCc2ccc(C(F)(F)F)cc2)Nc2ccccc2)c(=N)n2c1=NC1CCCCC12. The van der Waals surface area contributed by atoms with E-state index in [9.17, 15) is 13.2 Å². The summed E-state index contributed by atoms with van der Waals surface area (Å²) in [5, 5.41) is 16.4. The molecule has 6 nitrogen and oxygen atoms in total. The lowest BCUT2D eigenvalue weighted by molar-refractivity contribution is -0.137. The Morgan fingerprint density at radius 1 is 1.08 bits per heavy atom. The molecule has 2 heterocycles. The van der Waals surface area contributed by atoms with Crippen molar-refractivity contribution in [3.63, 3.8) is 0 Å². The first-order chi connectivity index (χ1) is 17.2. The van der Waals surface area contributed by atoms with Crippen molar-refractivity contribution in [2.75, 3.05) is 5.32 Å². The minimum atomic E-state index is -4.38. The van der Waals surface area contributed by atoms with Gasteiger partial charge < -0.3 is 15.2 Å². The maximum absolute atomic E-state index is 13.0. The molecule has 0 radical (unpaired) electrons. The van der Waals surface area contributed by atoms with E-state index in [-0.39, 0.29) is 24.1 Å². The van der Waals surface area contributed by atoms with Crippen LogP contribution in [0.3, 0.4) is 0 Å².